The maximum atomic E-state index is 14.3. The summed E-state index contributed by atoms with van der Waals surface area (Å²) in [4.78, 5) is 6.94. The third-order valence-electron chi connectivity index (χ3n) is 8.79. The van der Waals surface area contributed by atoms with Gasteiger partial charge in [0, 0.05) is 53.8 Å². The Morgan fingerprint density at radius 1 is 0.957 bits per heavy atom. The Labute approximate surface area is 273 Å². The quantitative estimate of drug-likeness (QED) is 0.180. The second-order valence-electron chi connectivity index (χ2n) is 11.3. The van der Waals surface area contributed by atoms with E-state index in [0.29, 0.717) is 29.4 Å². The molecule has 2 atom stereocenters. The Morgan fingerprint density at radius 3 is 2.57 bits per heavy atom. The summed E-state index contributed by atoms with van der Waals surface area (Å²) in [6.45, 7) is 1.37. The highest BCUT2D eigenvalue weighted by molar-refractivity contribution is 7.93. The standard InChI is InChI=1S/C35H34N4O5S2/c1-42-27-13-12-26(32(20-27)43-2)22-39(35-36-23-37-45-35)46(40,41)28-14-15-30-31(17-19-44-33(30)21-28)38-18-16-24-8-6-7-11-29(24)34(38)25-9-4-3-5-10-25/h3-15,20-21,23,31,34H,16-19,22H2,1-2H3/t31-,34-/m1/s1. The van der Waals surface area contributed by atoms with E-state index in [1.54, 1.807) is 44.6 Å². The molecule has 0 aliphatic carbocycles. The Hall–Kier alpha value is -4.45. The highest BCUT2D eigenvalue weighted by atomic mass is 32.2. The van der Waals surface area contributed by atoms with Crippen molar-refractivity contribution in [3.8, 4) is 17.2 Å². The molecule has 0 unspecified atom stereocenters. The van der Waals surface area contributed by atoms with Gasteiger partial charge in [-0.2, -0.15) is 4.37 Å². The third-order valence-corrected chi connectivity index (χ3v) is 11.3. The van der Waals surface area contributed by atoms with Crippen molar-refractivity contribution in [2.75, 3.05) is 31.7 Å². The topological polar surface area (TPSA) is 94.1 Å². The predicted octanol–water partition coefficient (Wildman–Crippen LogP) is 6.42. The molecule has 0 N–H and O–H groups in total. The van der Waals surface area contributed by atoms with Crippen LogP contribution in [0.2, 0.25) is 0 Å². The van der Waals surface area contributed by atoms with Crippen LogP contribution >= 0.6 is 11.5 Å². The summed E-state index contributed by atoms with van der Waals surface area (Å²) in [6.07, 6.45) is 3.11. The number of hydrogen-bond donors (Lipinski definition) is 0. The number of ether oxygens (including phenoxy) is 3. The molecular formula is C35H34N4O5S2. The molecule has 4 aromatic carbocycles. The van der Waals surface area contributed by atoms with Crippen LogP contribution in [0.5, 0.6) is 17.2 Å². The van der Waals surface area contributed by atoms with Gasteiger partial charge in [-0.3, -0.25) is 4.90 Å². The van der Waals surface area contributed by atoms with Gasteiger partial charge in [0.15, 0.2) is 0 Å². The molecule has 46 heavy (non-hydrogen) atoms. The largest absolute Gasteiger partial charge is 0.497 e. The minimum atomic E-state index is -4.07. The number of hydrogen-bond acceptors (Lipinski definition) is 9. The van der Waals surface area contributed by atoms with Gasteiger partial charge >= 0.3 is 0 Å². The lowest BCUT2D eigenvalue weighted by Crippen LogP contribution is -2.40. The molecule has 0 saturated carbocycles. The Kier molecular flexibility index (Phi) is 8.37. The number of nitrogens with zero attached hydrogens (tertiary/aromatic N) is 4. The van der Waals surface area contributed by atoms with Crippen molar-refractivity contribution < 1.29 is 22.6 Å². The normalized spacial score (nSPS) is 17.8. The van der Waals surface area contributed by atoms with Gasteiger partial charge in [-0.05, 0) is 41.3 Å². The Morgan fingerprint density at radius 2 is 1.78 bits per heavy atom. The molecule has 9 nitrogen and oxygen atoms in total. The van der Waals surface area contributed by atoms with E-state index in [1.807, 2.05) is 12.1 Å². The van der Waals surface area contributed by atoms with Gasteiger partial charge in [0.2, 0.25) is 5.13 Å². The zero-order chi connectivity index (χ0) is 31.7. The van der Waals surface area contributed by atoms with Crippen LogP contribution in [0.4, 0.5) is 5.13 Å². The van der Waals surface area contributed by atoms with Crippen molar-refractivity contribution in [3.63, 3.8) is 0 Å². The van der Waals surface area contributed by atoms with Crippen LogP contribution in [0.1, 0.15) is 46.3 Å². The third kappa shape index (κ3) is 5.59. The highest BCUT2D eigenvalue weighted by Gasteiger charge is 2.37. The number of aromatic nitrogens is 2. The van der Waals surface area contributed by atoms with E-state index in [0.717, 1.165) is 36.5 Å². The van der Waals surface area contributed by atoms with Gasteiger partial charge in [-0.15, -0.1) is 0 Å². The lowest BCUT2D eigenvalue weighted by molar-refractivity contribution is 0.105. The van der Waals surface area contributed by atoms with E-state index >= 15 is 0 Å². The first-order chi connectivity index (χ1) is 22.5. The molecule has 0 bridgehead atoms. The maximum Gasteiger partial charge on any atom is 0.266 e. The molecule has 0 saturated heterocycles. The second-order valence-corrected chi connectivity index (χ2v) is 13.9. The summed E-state index contributed by atoms with van der Waals surface area (Å²) >= 11 is 1.02. The summed E-state index contributed by atoms with van der Waals surface area (Å²) < 4.78 is 51.1. The fourth-order valence-electron chi connectivity index (χ4n) is 6.58. The number of sulfonamides is 1. The molecule has 0 radical (unpaired) electrons. The number of fused-ring (bicyclic) bond motifs is 2. The van der Waals surface area contributed by atoms with E-state index in [2.05, 4.69) is 62.8 Å². The average Bonchev–Trinajstić information content (AvgIpc) is 3.64. The summed E-state index contributed by atoms with van der Waals surface area (Å²) in [6, 6.07) is 30.0. The summed E-state index contributed by atoms with van der Waals surface area (Å²) in [5, 5.41) is 0.257. The summed E-state index contributed by atoms with van der Waals surface area (Å²) in [5.74, 6) is 1.71. The lowest BCUT2D eigenvalue weighted by atomic mass is 9.85. The van der Waals surface area contributed by atoms with E-state index < -0.39 is 10.0 Å². The van der Waals surface area contributed by atoms with Crippen molar-refractivity contribution in [2.24, 2.45) is 0 Å². The van der Waals surface area contributed by atoms with Crippen molar-refractivity contribution >= 4 is 26.7 Å². The van der Waals surface area contributed by atoms with Crippen LogP contribution in [0, 0.1) is 0 Å². The molecule has 0 spiro atoms. The number of rotatable bonds is 9. The summed E-state index contributed by atoms with van der Waals surface area (Å²) in [7, 11) is -0.957. The van der Waals surface area contributed by atoms with Crippen LogP contribution in [0.3, 0.4) is 0 Å². The molecule has 11 heteroatoms. The van der Waals surface area contributed by atoms with Crippen molar-refractivity contribution in [3.05, 3.63) is 125 Å². The summed E-state index contributed by atoms with van der Waals surface area (Å²) in [5.41, 5.74) is 5.57. The first kappa shape index (κ1) is 30.2. The van der Waals surface area contributed by atoms with Gasteiger partial charge in [0.1, 0.15) is 23.6 Å². The molecular weight excluding hydrogens is 621 g/mol. The maximum absolute atomic E-state index is 14.3. The molecule has 0 amide bonds. The molecule has 1 aromatic heterocycles. The highest BCUT2D eigenvalue weighted by Crippen LogP contribution is 2.46. The first-order valence-electron chi connectivity index (χ1n) is 15.1. The van der Waals surface area contributed by atoms with Crippen molar-refractivity contribution in [1.82, 2.24) is 14.3 Å². The lowest BCUT2D eigenvalue weighted by Gasteiger charge is -2.44. The molecule has 0 fully saturated rings. The van der Waals surface area contributed by atoms with Gasteiger partial charge < -0.3 is 14.2 Å². The average molecular weight is 655 g/mol. The molecule has 2 aliphatic rings. The van der Waals surface area contributed by atoms with Crippen molar-refractivity contribution in [1.29, 1.82) is 0 Å². The van der Waals surface area contributed by atoms with Crippen LogP contribution in [-0.4, -0.2) is 50.0 Å². The van der Waals surface area contributed by atoms with E-state index in [9.17, 15) is 8.42 Å². The van der Waals surface area contributed by atoms with Gasteiger partial charge in [0.05, 0.1) is 38.3 Å². The van der Waals surface area contributed by atoms with Gasteiger partial charge in [0.25, 0.3) is 10.0 Å². The molecule has 7 rings (SSSR count). The minimum Gasteiger partial charge on any atom is -0.497 e. The number of methoxy groups -OCH3 is 2. The zero-order valence-corrected chi connectivity index (χ0v) is 27.2. The zero-order valence-electron chi connectivity index (χ0n) is 25.6. The van der Waals surface area contributed by atoms with E-state index in [1.165, 1.54) is 27.3 Å². The fourth-order valence-corrected chi connectivity index (χ4v) is 8.73. The number of benzene rings is 4. The van der Waals surface area contributed by atoms with Crippen LogP contribution in [0.15, 0.2) is 102 Å². The van der Waals surface area contributed by atoms with Gasteiger partial charge in [-0.1, -0.05) is 60.7 Å². The fraction of sp³-hybridized carbons (Fsp3) is 0.257. The van der Waals surface area contributed by atoms with Crippen molar-refractivity contribution in [2.45, 2.75) is 36.4 Å². The second kappa shape index (κ2) is 12.7. The Balaban J connectivity index is 1.24. The SMILES string of the molecule is COc1ccc(CN(c2ncns2)S(=O)(=O)c2ccc3c(c2)OCC[C@H]3N2CCc3ccccc3[C@H]2c2ccccc2)c(OC)c1. The first-order valence-corrected chi connectivity index (χ1v) is 17.3. The van der Waals surface area contributed by atoms with Crippen LogP contribution in [-0.2, 0) is 23.0 Å². The van der Waals surface area contributed by atoms with E-state index in [-0.39, 0.29) is 28.7 Å². The monoisotopic (exact) mass is 654 g/mol. The van der Waals surface area contributed by atoms with Crippen LogP contribution < -0.4 is 18.5 Å². The van der Waals surface area contributed by atoms with E-state index in [4.69, 9.17) is 14.2 Å². The molecule has 3 heterocycles. The molecule has 5 aromatic rings. The Bertz CT molecular complexity index is 1940. The van der Waals surface area contributed by atoms with Gasteiger partial charge in [-0.25, -0.2) is 17.7 Å². The molecule has 2 aliphatic heterocycles. The molecule has 236 valence electrons. The number of anilines is 1. The van der Waals surface area contributed by atoms with Crippen LogP contribution in [0.25, 0.3) is 0 Å². The smallest absolute Gasteiger partial charge is 0.266 e. The predicted molar refractivity (Wildman–Crippen MR) is 177 cm³/mol. The minimum absolute atomic E-state index is 0.00277.